The van der Waals surface area contributed by atoms with Crippen LogP contribution in [0, 0.1) is 0 Å². The molecule has 1 aromatic heterocycles. The van der Waals surface area contributed by atoms with E-state index < -0.39 is 5.63 Å². The van der Waals surface area contributed by atoms with Crippen molar-refractivity contribution in [3.63, 3.8) is 0 Å². The van der Waals surface area contributed by atoms with Crippen LogP contribution in [0.25, 0.3) is 11.0 Å². The molecule has 15 heavy (non-hydrogen) atoms. The van der Waals surface area contributed by atoms with Crippen LogP contribution in [0.3, 0.4) is 0 Å². The summed E-state index contributed by atoms with van der Waals surface area (Å²) < 4.78 is 9.79. The minimum Gasteiger partial charge on any atom is -0.504 e. The molecule has 5 nitrogen and oxygen atoms in total. The molecule has 78 valence electrons. The van der Waals surface area contributed by atoms with E-state index in [0.29, 0.717) is 11.1 Å². The Bertz CT molecular complexity index is 573. The third-order valence-electron chi connectivity index (χ3n) is 2.06. The van der Waals surface area contributed by atoms with E-state index in [-0.39, 0.29) is 17.0 Å². The summed E-state index contributed by atoms with van der Waals surface area (Å²) >= 11 is 0. The number of hydrogen-bond acceptors (Lipinski definition) is 5. The normalized spacial score (nSPS) is 10.5. The number of aromatic hydroxyl groups is 1. The van der Waals surface area contributed by atoms with Crippen molar-refractivity contribution in [2.24, 2.45) is 0 Å². The van der Waals surface area contributed by atoms with Crippen LogP contribution in [0.2, 0.25) is 0 Å². The smallest absolute Gasteiger partial charge is 0.359 e. The molecule has 0 bridgehead atoms. The van der Waals surface area contributed by atoms with Crippen molar-refractivity contribution in [2.45, 2.75) is 0 Å². The van der Waals surface area contributed by atoms with Crippen molar-refractivity contribution in [3.05, 3.63) is 28.6 Å². The number of hydrogen-bond donors (Lipinski definition) is 2. The average Bonchev–Trinajstić information content (AvgIpc) is 2.20. The lowest BCUT2D eigenvalue weighted by atomic mass is 10.2. The second-order valence-electron chi connectivity index (χ2n) is 3.05. The Balaban J connectivity index is 2.82. The predicted octanol–water partition coefficient (Wildman–Crippen LogP) is 1.09. The van der Waals surface area contributed by atoms with Gasteiger partial charge in [-0.3, -0.25) is 0 Å². The number of ether oxygens (including phenoxy) is 1. The van der Waals surface area contributed by atoms with Crippen LogP contribution in [0.15, 0.2) is 27.4 Å². The molecule has 2 rings (SSSR count). The summed E-state index contributed by atoms with van der Waals surface area (Å²) in [7, 11) is 1.43. The van der Waals surface area contributed by atoms with E-state index in [0.717, 1.165) is 0 Å². The predicted molar refractivity (Wildman–Crippen MR) is 55.1 cm³/mol. The van der Waals surface area contributed by atoms with Gasteiger partial charge in [0.05, 0.1) is 7.11 Å². The summed E-state index contributed by atoms with van der Waals surface area (Å²) in [6, 6.07) is 4.34. The molecule has 0 spiro atoms. The molecule has 0 radical (unpaired) electrons. The Morgan fingerprint density at radius 1 is 1.40 bits per heavy atom. The molecular weight excluding hydrogens is 198 g/mol. The number of anilines is 1. The molecule has 0 aliphatic rings. The van der Waals surface area contributed by atoms with E-state index in [4.69, 9.17) is 14.9 Å². The second kappa shape index (κ2) is 3.20. The van der Waals surface area contributed by atoms with Gasteiger partial charge in [-0.1, -0.05) is 0 Å². The van der Waals surface area contributed by atoms with Crippen LogP contribution >= 0.6 is 0 Å². The van der Waals surface area contributed by atoms with Crippen LogP contribution < -0.4 is 16.1 Å². The molecule has 0 atom stereocenters. The van der Waals surface area contributed by atoms with Gasteiger partial charge in [-0.25, -0.2) is 4.79 Å². The highest BCUT2D eigenvalue weighted by Crippen LogP contribution is 2.30. The molecule has 0 saturated carbocycles. The summed E-state index contributed by atoms with van der Waals surface area (Å²) in [4.78, 5) is 11.1. The minimum atomic E-state index is -0.618. The quantitative estimate of drug-likeness (QED) is 0.683. The number of benzene rings is 1. The summed E-state index contributed by atoms with van der Waals surface area (Å²) in [6.07, 6.45) is 0. The monoisotopic (exact) mass is 207 g/mol. The van der Waals surface area contributed by atoms with Gasteiger partial charge in [0.15, 0.2) is 11.5 Å². The summed E-state index contributed by atoms with van der Waals surface area (Å²) in [5, 5.41) is 10.0. The molecular formula is C10H9NO4. The topological polar surface area (TPSA) is 85.7 Å². The van der Waals surface area contributed by atoms with Gasteiger partial charge in [-0.05, 0) is 12.1 Å². The Morgan fingerprint density at radius 3 is 2.80 bits per heavy atom. The van der Waals surface area contributed by atoms with Gasteiger partial charge in [0.2, 0.25) is 0 Å². The SMILES string of the molecule is COc1cc2cc(N)c(=O)oc2cc1O. The van der Waals surface area contributed by atoms with E-state index >= 15 is 0 Å². The van der Waals surface area contributed by atoms with E-state index in [2.05, 4.69) is 0 Å². The maximum atomic E-state index is 11.1. The molecule has 0 saturated heterocycles. The number of phenolic OH excluding ortho intramolecular Hbond substituents is 1. The third kappa shape index (κ3) is 1.48. The molecule has 3 N–H and O–H groups in total. The fourth-order valence-electron chi connectivity index (χ4n) is 1.31. The van der Waals surface area contributed by atoms with Crippen LogP contribution in [0.4, 0.5) is 5.69 Å². The first kappa shape index (κ1) is 9.39. The van der Waals surface area contributed by atoms with Crippen molar-refractivity contribution in [1.29, 1.82) is 0 Å². The Hall–Kier alpha value is -2.17. The Kier molecular flexibility index (Phi) is 2.00. The van der Waals surface area contributed by atoms with E-state index in [1.54, 1.807) is 6.07 Å². The molecule has 0 aliphatic heterocycles. The van der Waals surface area contributed by atoms with Gasteiger partial charge in [0.25, 0.3) is 0 Å². The average molecular weight is 207 g/mol. The largest absolute Gasteiger partial charge is 0.504 e. The molecule has 1 heterocycles. The first-order valence-corrected chi connectivity index (χ1v) is 4.22. The first-order chi connectivity index (χ1) is 7.11. The molecule has 0 fully saturated rings. The van der Waals surface area contributed by atoms with Crippen molar-refractivity contribution in [2.75, 3.05) is 12.8 Å². The number of nitrogens with two attached hydrogens (primary N) is 1. The summed E-state index contributed by atoms with van der Waals surface area (Å²) in [5.74, 6) is 0.216. The van der Waals surface area contributed by atoms with Gasteiger partial charge in [0.1, 0.15) is 11.3 Å². The van der Waals surface area contributed by atoms with Gasteiger partial charge >= 0.3 is 5.63 Å². The summed E-state index contributed by atoms with van der Waals surface area (Å²) in [6.45, 7) is 0. The number of nitrogen functional groups attached to an aromatic ring is 1. The van der Waals surface area contributed by atoms with Crippen molar-refractivity contribution >= 4 is 16.7 Å². The molecule has 0 amide bonds. The minimum absolute atomic E-state index is 0.0234. The number of phenols is 1. The van der Waals surface area contributed by atoms with Crippen molar-refractivity contribution in [1.82, 2.24) is 0 Å². The number of fused-ring (bicyclic) bond motifs is 1. The summed E-state index contributed by atoms with van der Waals surface area (Å²) in [5.41, 5.74) is 5.08. The van der Waals surface area contributed by atoms with Crippen LogP contribution in [0.1, 0.15) is 0 Å². The maximum absolute atomic E-state index is 11.1. The van der Waals surface area contributed by atoms with E-state index in [9.17, 15) is 9.90 Å². The number of methoxy groups -OCH3 is 1. The zero-order valence-electron chi connectivity index (χ0n) is 7.98. The van der Waals surface area contributed by atoms with Crippen LogP contribution in [0.5, 0.6) is 11.5 Å². The van der Waals surface area contributed by atoms with Gasteiger partial charge < -0.3 is 20.0 Å². The fraction of sp³-hybridized carbons (Fsp3) is 0.100. The molecule has 5 heteroatoms. The first-order valence-electron chi connectivity index (χ1n) is 4.22. The highest BCUT2D eigenvalue weighted by molar-refractivity contribution is 5.82. The Morgan fingerprint density at radius 2 is 2.13 bits per heavy atom. The Labute approximate surface area is 84.7 Å². The molecule has 2 aromatic rings. The highest BCUT2D eigenvalue weighted by Gasteiger charge is 2.07. The number of rotatable bonds is 1. The lowest BCUT2D eigenvalue weighted by Gasteiger charge is -2.04. The zero-order valence-corrected chi connectivity index (χ0v) is 7.98. The lowest BCUT2D eigenvalue weighted by molar-refractivity contribution is 0.373. The third-order valence-corrected chi connectivity index (χ3v) is 2.06. The van der Waals surface area contributed by atoms with Gasteiger partial charge in [-0.15, -0.1) is 0 Å². The van der Waals surface area contributed by atoms with Crippen LogP contribution in [-0.4, -0.2) is 12.2 Å². The van der Waals surface area contributed by atoms with Gasteiger partial charge in [-0.2, -0.15) is 0 Å². The lowest BCUT2D eigenvalue weighted by Crippen LogP contribution is -2.05. The fourth-order valence-corrected chi connectivity index (χ4v) is 1.31. The molecule has 0 aliphatic carbocycles. The van der Waals surface area contributed by atoms with E-state index in [1.807, 2.05) is 0 Å². The van der Waals surface area contributed by atoms with E-state index in [1.165, 1.54) is 19.2 Å². The molecule has 0 unspecified atom stereocenters. The maximum Gasteiger partial charge on any atom is 0.359 e. The highest BCUT2D eigenvalue weighted by atomic mass is 16.5. The van der Waals surface area contributed by atoms with Crippen LogP contribution in [-0.2, 0) is 0 Å². The van der Waals surface area contributed by atoms with Crippen molar-refractivity contribution < 1.29 is 14.3 Å². The molecule has 1 aromatic carbocycles. The second-order valence-corrected chi connectivity index (χ2v) is 3.05. The van der Waals surface area contributed by atoms with Gasteiger partial charge in [0, 0.05) is 11.5 Å². The standard InChI is InChI=1S/C10H9NO4/c1-14-9-3-5-2-6(11)10(13)15-8(5)4-7(9)12/h2-4,12H,11H2,1H3. The van der Waals surface area contributed by atoms with Crippen molar-refractivity contribution in [3.8, 4) is 11.5 Å². The zero-order chi connectivity index (χ0) is 11.0.